The zero-order valence-electron chi connectivity index (χ0n) is 14.9. The van der Waals surface area contributed by atoms with Gasteiger partial charge < -0.3 is 14.8 Å². The Morgan fingerprint density at radius 3 is 2.59 bits per heavy atom. The second-order valence-corrected chi connectivity index (χ2v) is 6.12. The van der Waals surface area contributed by atoms with Crippen LogP contribution < -0.4 is 10.1 Å². The van der Waals surface area contributed by atoms with Crippen LogP contribution in [0.3, 0.4) is 0 Å². The van der Waals surface area contributed by atoms with E-state index in [2.05, 4.69) is 5.32 Å². The third kappa shape index (κ3) is 6.12. The number of anilines is 1. The molecule has 10 heteroatoms. The Bertz CT molecular complexity index is 957. The van der Waals surface area contributed by atoms with Gasteiger partial charge in [0.25, 0.3) is 5.91 Å². The number of rotatable bonds is 6. The number of amides is 1. The molecule has 0 saturated heterocycles. The van der Waals surface area contributed by atoms with E-state index in [9.17, 15) is 22.8 Å². The number of benzene rings is 2. The van der Waals surface area contributed by atoms with E-state index in [1.165, 1.54) is 19.1 Å². The second-order valence-electron chi connectivity index (χ2n) is 5.71. The van der Waals surface area contributed by atoms with Crippen LogP contribution in [0, 0.1) is 11.3 Å². The highest BCUT2D eigenvalue weighted by molar-refractivity contribution is 6.33. The number of hydrogen-bond acceptors (Lipinski definition) is 5. The van der Waals surface area contributed by atoms with E-state index < -0.39 is 36.3 Å². The van der Waals surface area contributed by atoms with Crippen molar-refractivity contribution in [2.75, 3.05) is 11.9 Å². The van der Waals surface area contributed by atoms with Crippen molar-refractivity contribution in [2.24, 2.45) is 0 Å². The molecule has 0 saturated carbocycles. The first kappa shape index (κ1) is 22.0. The van der Waals surface area contributed by atoms with Crippen LogP contribution in [-0.4, -0.2) is 24.6 Å². The van der Waals surface area contributed by atoms with Crippen LogP contribution in [0.15, 0.2) is 42.5 Å². The molecule has 2 aromatic rings. The third-order valence-electron chi connectivity index (χ3n) is 3.58. The summed E-state index contributed by atoms with van der Waals surface area (Å²) in [5.41, 5.74) is -1.05. The smallest absolute Gasteiger partial charge is 0.416 e. The van der Waals surface area contributed by atoms with Crippen LogP contribution in [0.1, 0.15) is 18.1 Å². The van der Waals surface area contributed by atoms with Crippen molar-refractivity contribution in [1.82, 2.24) is 0 Å². The van der Waals surface area contributed by atoms with Crippen LogP contribution >= 0.6 is 11.6 Å². The number of halogens is 4. The summed E-state index contributed by atoms with van der Waals surface area (Å²) in [6.07, 6.45) is -5.94. The predicted octanol–water partition coefficient (Wildman–Crippen LogP) is 4.18. The van der Waals surface area contributed by atoms with Crippen molar-refractivity contribution in [3.05, 3.63) is 58.6 Å². The minimum atomic E-state index is -4.61. The van der Waals surface area contributed by atoms with Crippen LogP contribution in [0.5, 0.6) is 5.75 Å². The van der Waals surface area contributed by atoms with Crippen molar-refractivity contribution in [3.8, 4) is 11.8 Å². The van der Waals surface area contributed by atoms with Crippen molar-refractivity contribution in [3.63, 3.8) is 0 Å². The van der Waals surface area contributed by atoms with Crippen molar-refractivity contribution in [1.29, 1.82) is 5.26 Å². The number of nitriles is 1. The predicted molar refractivity (Wildman–Crippen MR) is 97.3 cm³/mol. The molecule has 0 heterocycles. The number of para-hydroxylation sites is 1. The summed E-state index contributed by atoms with van der Waals surface area (Å²) in [5, 5.41) is 11.0. The zero-order valence-corrected chi connectivity index (χ0v) is 15.7. The minimum absolute atomic E-state index is 0.110. The minimum Gasteiger partial charge on any atom is -0.481 e. The first-order valence-corrected chi connectivity index (χ1v) is 8.48. The molecular formula is C19H14ClF3N2O4. The summed E-state index contributed by atoms with van der Waals surface area (Å²) < 4.78 is 48.4. The van der Waals surface area contributed by atoms with E-state index in [-0.39, 0.29) is 22.0 Å². The summed E-state index contributed by atoms with van der Waals surface area (Å²) in [5.74, 6) is -1.62. The average molecular weight is 427 g/mol. The zero-order chi connectivity index (χ0) is 21.6. The molecule has 1 atom stereocenters. The van der Waals surface area contributed by atoms with Gasteiger partial charge in [0, 0.05) is 0 Å². The summed E-state index contributed by atoms with van der Waals surface area (Å²) >= 11 is 5.81. The molecule has 0 aliphatic heterocycles. The second kappa shape index (κ2) is 9.30. The lowest BCUT2D eigenvalue weighted by Gasteiger charge is -2.16. The molecule has 1 N–H and O–H groups in total. The number of esters is 1. The molecule has 1 amide bonds. The maximum absolute atomic E-state index is 12.8. The molecule has 2 rings (SSSR count). The number of nitrogens with zero attached hydrogens (tertiary/aromatic N) is 1. The number of nitrogens with one attached hydrogen (secondary N) is 1. The van der Waals surface area contributed by atoms with Crippen LogP contribution in [0.2, 0.25) is 5.02 Å². The largest absolute Gasteiger partial charge is 0.481 e. The Kier molecular flexibility index (Phi) is 7.07. The molecule has 0 aliphatic carbocycles. The fraction of sp³-hybridized carbons (Fsp3) is 0.211. The van der Waals surface area contributed by atoms with Gasteiger partial charge in [-0.2, -0.15) is 18.4 Å². The standard InChI is InChI=1S/C19H14ClF3N2O4/c1-11(29-17(26)10-28-16-5-3-2-4-12(16)9-24)18(27)25-15-8-13(19(21,22)23)6-7-14(15)20/h2-8,11H,10H2,1H3,(H,25,27)/t11-/m0/s1. The van der Waals surface area contributed by atoms with Crippen LogP contribution in [-0.2, 0) is 20.5 Å². The Hall–Kier alpha value is -3.25. The van der Waals surface area contributed by atoms with Crippen LogP contribution in [0.4, 0.5) is 18.9 Å². The van der Waals surface area contributed by atoms with Gasteiger partial charge in [-0.1, -0.05) is 23.7 Å². The van der Waals surface area contributed by atoms with E-state index in [0.717, 1.165) is 12.1 Å². The molecule has 0 unspecified atom stereocenters. The molecule has 0 aliphatic rings. The Morgan fingerprint density at radius 2 is 1.93 bits per heavy atom. The first-order valence-electron chi connectivity index (χ1n) is 8.11. The highest BCUT2D eigenvalue weighted by atomic mass is 35.5. The van der Waals surface area contributed by atoms with E-state index in [1.54, 1.807) is 12.1 Å². The van der Waals surface area contributed by atoms with E-state index in [1.807, 2.05) is 6.07 Å². The maximum Gasteiger partial charge on any atom is 0.416 e. The van der Waals surface area contributed by atoms with Crippen LogP contribution in [0.25, 0.3) is 0 Å². The van der Waals surface area contributed by atoms with E-state index in [4.69, 9.17) is 26.3 Å². The number of carbonyl (C=O) groups excluding carboxylic acids is 2. The third-order valence-corrected chi connectivity index (χ3v) is 3.91. The van der Waals surface area contributed by atoms with Gasteiger partial charge in [0.15, 0.2) is 12.7 Å². The van der Waals surface area contributed by atoms with Gasteiger partial charge in [-0.3, -0.25) is 4.79 Å². The van der Waals surface area contributed by atoms with Crippen molar-refractivity contribution >= 4 is 29.2 Å². The van der Waals surface area contributed by atoms with Gasteiger partial charge in [-0.15, -0.1) is 0 Å². The van der Waals surface area contributed by atoms with Gasteiger partial charge >= 0.3 is 12.1 Å². The SMILES string of the molecule is C[C@H](OC(=O)COc1ccccc1C#N)C(=O)Nc1cc(C(F)(F)F)ccc1Cl. The summed E-state index contributed by atoms with van der Waals surface area (Å²) in [7, 11) is 0. The summed E-state index contributed by atoms with van der Waals surface area (Å²) in [6.45, 7) is 0.665. The molecule has 0 bridgehead atoms. The maximum atomic E-state index is 12.8. The molecule has 0 radical (unpaired) electrons. The van der Waals surface area contributed by atoms with Gasteiger partial charge in [-0.05, 0) is 37.3 Å². The fourth-order valence-electron chi connectivity index (χ4n) is 2.14. The lowest BCUT2D eigenvalue weighted by Crippen LogP contribution is -2.31. The Balaban J connectivity index is 1.95. The molecule has 29 heavy (non-hydrogen) atoms. The van der Waals surface area contributed by atoms with Gasteiger partial charge in [0.1, 0.15) is 11.8 Å². The summed E-state index contributed by atoms with van der Waals surface area (Å²) in [4.78, 5) is 24.0. The normalized spacial score (nSPS) is 11.9. The lowest BCUT2D eigenvalue weighted by molar-refractivity contribution is -0.155. The first-order chi connectivity index (χ1) is 13.6. The summed E-state index contributed by atoms with van der Waals surface area (Å²) in [6, 6.07) is 10.5. The van der Waals surface area contributed by atoms with Gasteiger partial charge in [-0.25, -0.2) is 4.79 Å². The van der Waals surface area contributed by atoms with E-state index in [0.29, 0.717) is 6.07 Å². The monoisotopic (exact) mass is 426 g/mol. The quantitative estimate of drug-likeness (QED) is 0.700. The molecule has 2 aromatic carbocycles. The Labute approximate surface area is 168 Å². The number of carbonyl (C=O) groups is 2. The molecule has 152 valence electrons. The number of hydrogen-bond donors (Lipinski definition) is 1. The number of ether oxygens (including phenoxy) is 2. The van der Waals surface area contributed by atoms with Gasteiger partial charge in [0.05, 0.1) is 21.8 Å². The van der Waals surface area contributed by atoms with Crippen molar-refractivity contribution in [2.45, 2.75) is 19.2 Å². The molecule has 0 fully saturated rings. The Morgan fingerprint density at radius 1 is 1.24 bits per heavy atom. The number of alkyl halides is 3. The molecule has 0 aromatic heterocycles. The molecule has 0 spiro atoms. The average Bonchev–Trinajstić information content (AvgIpc) is 2.67. The fourth-order valence-corrected chi connectivity index (χ4v) is 2.30. The van der Waals surface area contributed by atoms with Crippen molar-refractivity contribution < 1.29 is 32.2 Å². The topological polar surface area (TPSA) is 88.4 Å². The molecular weight excluding hydrogens is 413 g/mol. The van der Waals surface area contributed by atoms with E-state index >= 15 is 0 Å². The lowest BCUT2D eigenvalue weighted by atomic mass is 10.2. The highest BCUT2D eigenvalue weighted by Crippen LogP contribution is 2.33. The molecule has 6 nitrogen and oxygen atoms in total. The van der Waals surface area contributed by atoms with Gasteiger partial charge in [0.2, 0.25) is 0 Å². The highest BCUT2D eigenvalue weighted by Gasteiger charge is 2.31.